The molecule has 0 unspecified atom stereocenters. The summed E-state index contributed by atoms with van der Waals surface area (Å²) >= 11 is 5.36. The van der Waals surface area contributed by atoms with Crippen molar-refractivity contribution in [3.63, 3.8) is 0 Å². The highest BCUT2D eigenvalue weighted by atomic mass is 32.1. The van der Waals surface area contributed by atoms with E-state index in [2.05, 4.69) is 28.8 Å². The van der Waals surface area contributed by atoms with Crippen LogP contribution in [0.2, 0.25) is 0 Å². The van der Waals surface area contributed by atoms with Gasteiger partial charge in [0.25, 0.3) is 0 Å². The second-order valence-corrected chi connectivity index (χ2v) is 5.41. The van der Waals surface area contributed by atoms with Crippen LogP contribution >= 0.6 is 12.2 Å². The smallest absolute Gasteiger partial charge is 0.170 e. The van der Waals surface area contributed by atoms with E-state index >= 15 is 0 Å². The van der Waals surface area contributed by atoms with Gasteiger partial charge in [-0.1, -0.05) is 36.4 Å². The Labute approximate surface area is 124 Å². The molecule has 0 saturated carbocycles. The third-order valence-corrected chi connectivity index (χ3v) is 3.80. The van der Waals surface area contributed by atoms with Gasteiger partial charge >= 0.3 is 0 Å². The summed E-state index contributed by atoms with van der Waals surface area (Å²) in [6.07, 6.45) is 2.56. The number of benzene rings is 2. The van der Waals surface area contributed by atoms with E-state index in [4.69, 9.17) is 17.0 Å². The topological polar surface area (TPSA) is 33.3 Å². The van der Waals surface area contributed by atoms with Crippen LogP contribution in [0.5, 0.6) is 0 Å². The first-order valence-electron chi connectivity index (χ1n) is 6.97. The van der Waals surface area contributed by atoms with Gasteiger partial charge in [-0.25, -0.2) is 0 Å². The second-order valence-electron chi connectivity index (χ2n) is 5.00. The Morgan fingerprint density at radius 1 is 1.20 bits per heavy atom. The number of thiocarbonyl (C=S) groups is 1. The van der Waals surface area contributed by atoms with Gasteiger partial charge in [-0.3, -0.25) is 0 Å². The van der Waals surface area contributed by atoms with Gasteiger partial charge in [0.15, 0.2) is 5.11 Å². The number of ether oxygens (including phenoxy) is 1. The fourth-order valence-electron chi connectivity index (χ4n) is 2.51. The molecule has 4 heteroatoms. The Morgan fingerprint density at radius 2 is 2.05 bits per heavy atom. The summed E-state index contributed by atoms with van der Waals surface area (Å²) in [5, 5.41) is 9.54. The molecule has 3 nitrogen and oxygen atoms in total. The van der Waals surface area contributed by atoms with Gasteiger partial charge in [-0.05, 0) is 36.5 Å². The molecule has 1 heterocycles. The minimum atomic E-state index is 0.294. The predicted octanol–water partition coefficient (Wildman–Crippen LogP) is 3.31. The zero-order chi connectivity index (χ0) is 13.8. The molecule has 20 heavy (non-hydrogen) atoms. The molecule has 104 valence electrons. The average Bonchev–Trinajstić information content (AvgIpc) is 2.99. The highest BCUT2D eigenvalue weighted by Gasteiger charge is 2.15. The van der Waals surface area contributed by atoms with Crippen molar-refractivity contribution in [2.45, 2.75) is 18.9 Å². The van der Waals surface area contributed by atoms with Crippen molar-refractivity contribution in [3.05, 3.63) is 42.5 Å². The maximum atomic E-state index is 5.57. The first-order chi connectivity index (χ1) is 9.83. The van der Waals surface area contributed by atoms with Gasteiger partial charge in [-0.2, -0.15) is 0 Å². The SMILES string of the molecule is S=C(NC[C@@H]1CCCO1)Nc1cccc2ccccc12. The zero-order valence-corrected chi connectivity index (χ0v) is 12.1. The standard InChI is InChI=1S/C16H18N2OS/c20-16(17-11-13-7-4-10-19-13)18-15-9-3-6-12-5-1-2-8-14(12)15/h1-3,5-6,8-9,13H,4,7,10-11H2,(H2,17,18,20)/t13-/m0/s1. The van der Waals surface area contributed by atoms with Crippen molar-refractivity contribution in [1.29, 1.82) is 0 Å². The van der Waals surface area contributed by atoms with Crippen LogP contribution in [0, 0.1) is 0 Å². The fraction of sp³-hybridized carbons (Fsp3) is 0.312. The van der Waals surface area contributed by atoms with Crippen molar-refractivity contribution >= 4 is 33.8 Å². The van der Waals surface area contributed by atoms with Crippen molar-refractivity contribution in [2.24, 2.45) is 0 Å². The van der Waals surface area contributed by atoms with Crippen molar-refractivity contribution < 1.29 is 4.74 Å². The molecule has 0 aliphatic carbocycles. The van der Waals surface area contributed by atoms with Crippen LogP contribution in [0.1, 0.15) is 12.8 Å². The molecule has 2 N–H and O–H groups in total. The van der Waals surface area contributed by atoms with Crippen molar-refractivity contribution in [3.8, 4) is 0 Å². The highest BCUT2D eigenvalue weighted by Crippen LogP contribution is 2.22. The van der Waals surface area contributed by atoms with E-state index in [-0.39, 0.29) is 0 Å². The Balaban J connectivity index is 1.65. The molecule has 1 saturated heterocycles. The molecule has 1 fully saturated rings. The van der Waals surface area contributed by atoms with Gasteiger partial charge < -0.3 is 15.4 Å². The van der Waals surface area contributed by atoms with E-state index in [1.807, 2.05) is 24.3 Å². The van der Waals surface area contributed by atoms with Crippen LogP contribution < -0.4 is 10.6 Å². The van der Waals surface area contributed by atoms with Crippen molar-refractivity contribution in [1.82, 2.24) is 5.32 Å². The van der Waals surface area contributed by atoms with E-state index in [1.54, 1.807) is 0 Å². The molecule has 0 amide bonds. The quantitative estimate of drug-likeness (QED) is 0.848. The summed E-state index contributed by atoms with van der Waals surface area (Å²) in [4.78, 5) is 0. The minimum absolute atomic E-state index is 0.294. The lowest BCUT2D eigenvalue weighted by Crippen LogP contribution is -2.34. The van der Waals surface area contributed by atoms with Crippen LogP contribution in [-0.2, 0) is 4.74 Å². The van der Waals surface area contributed by atoms with Gasteiger partial charge in [-0.15, -0.1) is 0 Å². The molecule has 2 aromatic carbocycles. The predicted molar refractivity (Wildman–Crippen MR) is 87.1 cm³/mol. The molecular weight excluding hydrogens is 268 g/mol. The van der Waals surface area contributed by atoms with Gasteiger partial charge in [0, 0.05) is 24.2 Å². The number of rotatable bonds is 3. The third-order valence-electron chi connectivity index (χ3n) is 3.55. The number of anilines is 1. The van der Waals surface area contributed by atoms with E-state index < -0.39 is 0 Å². The molecule has 0 radical (unpaired) electrons. The third kappa shape index (κ3) is 3.08. The molecular formula is C16H18N2OS. The van der Waals surface area contributed by atoms with Crippen LogP contribution in [0.15, 0.2) is 42.5 Å². The maximum Gasteiger partial charge on any atom is 0.170 e. The van der Waals surface area contributed by atoms with Crippen LogP contribution in [-0.4, -0.2) is 24.4 Å². The molecule has 2 aromatic rings. The maximum absolute atomic E-state index is 5.57. The molecule has 0 spiro atoms. The van der Waals surface area contributed by atoms with E-state index in [0.717, 1.165) is 31.7 Å². The van der Waals surface area contributed by atoms with Crippen LogP contribution in [0.4, 0.5) is 5.69 Å². The first-order valence-corrected chi connectivity index (χ1v) is 7.38. The van der Waals surface area contributed by atoms with Crippen LogP contribution in [0.3, 0.4) is 0 Å². The monoisotopic (exact) mass is 286 g/mol. The number of hydrogen-bond acceptors (Lipinski definition) is 2. The summed E-state index contributed by atoms with van der Waals surface area (Å²) in [6.45, 7) is 1.65. The first kappa shape index (κ1) is 13.3. The van der Waals surface area contributed by atoms with E-state index in [0.29, 0.717) is 11.2 Å². The number of nitrogens with one attached hydrogen (secondary N) is 2. The molecule has 3 rings (SSSR count). The molecule has 1 aliphatic heterocycles. The lowest BCUT2D eigenvalue weighted by Gasteiger charge is -2.15. The largest absolute Gasteiger partial charge is 0.376 e. The normalized spacial score (nSPS) is 18.1. The molecule has 1 atom stereocenters. The summed E-state index contributed by atoms with van der Waals surface area (Å²) in [5.74, 6) is 0. The summed E-state index contributed by atoms with van der Waals surface area (Å²) in [6, 6.07) is 14.5. The number of fused-ring (bicyclic) bond motifs is 1. The van der Waals surface area contributed by atoms with E-state index in [1.165, 1.54) is 10.8 Å². The van der Waals surface area contributed by atoms with E-state index in [9.17, 15) is 0 Å². The zero-order valence-electron chi connectivity index (χ0n) is 11.3. The second kappa shape index (κ2) is 6.20. The van der Waals surface area contributed by atoms with Crippen molar-refractivity contribution in [2.75, 3.05) is 18.5 Å². The molecule has 1 aliphatic rings. The highest BCUT2D eigenvalue weighted by molar-refractivity contribution is 7.80. The molecule has 0 bridgehead atoms. The summed E-state index contributed by atoms with van der Waals surface area (Å²) < 4.78 is 5.57. The number of hydrogen-bond donors (Lipinski definition) is 2. The Morgan fingerprint density at radius 3 is 2.90 bits per heavy atom. The van der Waals surface area contributed by atoms with Gasteiger partial charge in [0.1, 0.15) is 0 Å². The molecule has 0 aromatic heterocycles. The minimum Gasteiger partial charge on any atom is -0.376 e. The Bertz CT molecular complexity index is 603. The summed E-state index contributed by atoms with van der Waals surface area (Å²) in [5.41, 5.74) is 1.04. The van der Waals surface area contributed by atoms with Gasteiger partial charge in [0.2, 0.25) is 0 Å². The lowest BCUT2D eigenvalue weighted by atomic mass is 10.1. The summed E-state index contributed by atoms with van der Waals surface area (Å²) in [7, 11) is 0. The fourth-order valence-corrected chi connectivity index (χ4v) is 2.71. The van der Waals surface area contributed by atoms with Crippen LogP contribution in [0.25, 0.3) is 10.8 Å². The Hall–Kier alpha value is -1.65. The Kier molecular flexibility index (Phi) is 4.14. The lowest BCUT2D eigenvalue weighted by molar-refractivity contribution is 0.114. The average molecular weight is 286 g/mol. The van der Waals surface area contributed by atoms with Gasteiger partial charge in [0.05, 0.1) is 6.10 Å².